The third-order valence-electron chi connectivity index (χ3n) is 8.19. The van der Waals surface area contributed by atoms with E-state index in [1.165, 1.54) is 0 Å². The van der Waals surface area contributed by atoms with Crippen molar-refractivity contribution in [3.63, 3.8) is 0 Å². The van der Waals surface area contributed by atoms with Crippen molar-refractivity contribution in [2.45, 2.75) is 54.3 Å². The lowest BCUT2D eigenvalue weighted by Crippen LogP contribution is -2.67. The van der Waals surface area contributed by atoms with Crippen LogP contribution >= 0.6 is 34.8 Å². The second-order valence-electron chi connectivity index (χ2n) is 11.5. The van der Waals surface area contributed by atoms with Crippen LogP contribution in [0.25, 0.3) is 0 Å². The van der Waals surface area contributed by atoms with E-state index in [0.717, 1.165) is 21.6 Å². The Morgan fingerprint density at radius 3 is 1.61 bits per heavy atom. The molecule has 5 atom stereocenters. The van der Waals surface area contributed by atoms with Crippen LogP contribution in [0, 0.1) is 5.41 Å². The van der Waals surface area contributed by atoms with Gasteiger partial charge in [-0.3, -0.25) is 19.9 Å². The highest BCUT2D eigenvalue weighted by Crippen LogP contribution is 2.38. The standard InChI is InChI=1S/C37H33Cl3N2O7/c38-37(39,40)36(41)49-35-30(42-33(43)27-18-10-11-19-28(27)34(42)44)32(47-22-26-16-8-3-9-17-26)31(46-21-25-14-6-2-7-15-25)29(48-35)23-45-20-24-12-4-1-5-13-24/h1-19,29-32,35,41H,20-23H2/t29-,30-,31+,32-,35+/m1/s1. The Kier molecular flexibility index (Phi) is 11.3. The van der Waals surface area contributed by atoms with E-state index in [2.05, 4.69) is 0 Å². The van der Waals surface area contributed by atoms with E-state index in [9.17, 15) is 9.59 Å². The van der Waals surface area contributed by atoms with Crippen molar-refractivity contribution in [3.8, 4) is 0 Å². The number of benzene rings is 4. The number of nitrogens with one attached hydrogen (secondary N) is 1. The van der Waals surface area contributed by atoms with Gasteiger partial charge in [-0.2, -0.15) is 0 Å². The van der Waals surface area contributed by atoms with Gasteiger partial charge < -0.3 is 23.7 Å². The van der Waals surface area contributed by atoms with E-state index in [-0.39, 0.29) is 37.6 Å². The van der Waals surface area contributed by atoms with Crippen molar-refractivity contribution in [3.05, 3.63) is 143 Å². The molecule has 0 aliphatic carbocycles. The number of carbonyl (C=O) groups excluding carboxylic acids is 2. The Balaban J connectivity index is 1.40. The fourth-order valence-electron chi connectivity index (χ4n) is 5.85. The maximum atomic E-state index is 14.0. The number of halogens is 3. The molecule has 9 nitrogen and oxygen atoms in total. The highest BCUT2D eigenvalue weighted by Gasteiger charge is 2.56. The Hall–Kier alpha value is -3.80. The summed E-state index contributed by atoms with van der Waals surface area (Å²) in [5.41, 5.74) is 3.06. The summed E-state index contributed by atoms with van der Waals surface area (Å²) in [6, 6.07) is 33.8. The average molecular weight is 724 g/mol. The molecule has 0 bridgehead atoms. The second kappa shape index (κ2) is 15.8. The molecule has 0 aromatic heterocycles. The van der Waals surface area contributed by atoms with Gasteiger partial charge in [-0.15, -0.1) is 0 Å². The summed E-state index contributed by atoms with van der Waals surface area (Å²) in [7, 11) is 0. The molecule has 254 valence electrons. The number of alkyl halides is 3. The van der Waals surface area contributed by atoms with Crippen LogP contribution in [0.15, 0.2) is 115 Å². The van der Waals surface area contributed by atoms with Crippen molar-refractivity contribution in [2.24, 2.45) is 0 Å². The molecule has 2 heterocycles. The van der Waals surface area contributed by atoms with Crippen LogP contribution in [0.2, 0.25) is 0 Å². The summed E-state index contributed by atoms with van der Waals surface area (Å²) >= 11 is 18.1. The molecule has 0 saturated carbocycles. The molecule has 2 aliphatic rings. The summed E-state index contributed by atoms with van der Waals surface area (Å²) in [4.78, 5) is 29.0. The quantitative estimate of drug-likeness (QED) is 0.0718. The number of fused-ring (bicyclic) bond motifs is 1. The smallest absolute Gasteiger partial charge is 0.265 e. The number of carbonyl (C=O) groups is 2. The van der Waals surface area contributed by atoms with Crippen LogP contribution in [-0.4, -0.2) is 63.7 Å². The molecule has 4 aromatic carbocycles. The molecule has 49 heavy (non-hydrogen) atoms. The minimum absolute atomic E-state index is 0.00462. The van der Waals surface area contributed by atoms with Crippen LogP contribution < -0.4 is 0 Å². The van der Waals surface area contributed by atoms with E-state index in [4.69, 9.17) is 63.9 Å². The second-order valence-corrected chi connectivity index (χ2v) is 13.8. The number of imide groups is 1. The number of ether oxygens (including phenoxy) is 5. The zero-order chi connectivity index (χ0) is 34.4. The molecular formula is C37H33Cl3N2O7. The fourth-order valence-corrected chi connectivity index (χ4v) is 5.98. The third-order valence-corrected chi connectivity index (χ3v) is 8.71. The molecule has 0 radical (unpaired) electrons. The predicted octanol–water partition coefficient (Wildman–Crippen LogP) is 7.13. The van der Waals surface area contributed by atoms with Gasteiger partial charge in [-0.25, -0.2) is 0 Å². The van der Waals surface area contributed by atoms with Crippen molar-refractivity contribution < 1.29 is 33.3 Å². The van der Waals surface area contributed by atoms with Gasteiger partial charge in [-0.1, -0.05) is 138 Å². The summed E-state index contributed by atoms with van der Waals surface area (Å²) < 4.78 is 29.4. The van der Waals surface area contributed by atoms with Crippen molar-refractivity contribution in [1.29, 1.82) is 5.41 Å². The van der Waals surface area contributed by atoms with E-state index in [1.54, 1.807) is 24.3 Å². The molecular weight excluding hydrogens is 691 g/mol. The van der Waals surface area contributed by atoms with E-state index >= 15 is 0 Å². The first-order chi connectivity index (χ1) is 23.7. The minimum atomic E-state index is -2.27. The SMILES string of the molecule is N=C(O[C@@H]1O[C@H](COCc2ccccc2)[C@H](OCc2ccccc2)[C@H](OCc2ccccc2)[C@H]1N1C(=O)c2ccccc2C1=O)C(Cl)(Cl)Cl. The maximum Gasteiger partial charge on any atom is 0.265 e. The molecule has 2 aliphatic heterocycles. The zero-order valence-corrected chi connectivity index (χ0v) is 28.4. The average Bonchev–Trinajstić information content (AvgIpc) is 3.36. The molecule has 1 N–H and O–H groups in total. The summed E-state index contributed by atoms with van der Waals surface area (Å²) in [5.74, 6) is -1.94. The summed E-state index contributed by atoms with van der Waals surface area (Å²) in [6.07, 6.45) is -4.35. The molecule has 0 spiro atoms. The number of rotatable bonds is 12. The number of amides is 2. The van der Waals surface area contributed by atoms with Gasteiger partial charge in [0.1, 0.15) is 24.4 Å². The first kappa shape index (κ1) is 35.0. The Bertz CT molecular complexity index is 1710. The minimum Gasteiger partial charge on any atom is -0.446 e. The van der Waals surface area contributed by atoms with E-state index in [1.807, 2.05) is 91.0 Å². The van der Waals surface area contributed by atoms with Crippen molar-refractivity contribution >= 4 is 52.5 Å². The van der Waals surface area contributed by atoms with E-state index in [0.29, 0.717) is 0 Å². The fraction of sp³-hybridized carbons (Fsp3) is 0.270. The highest BCUT2D eigenvalue weighted by atomic mass is 35.6. The lowest BCUT2D eigenvalue weighted by atomic mass is 9.94. The molecule has 4 aromatic rings. The van der Waals surface area contributed by atoms with Crippen LogP contribution in [0.5, 0.6) is 0 Å². The largest absolute Gasteiger partial charge is 0.446 e. The van der Waals surface area contributed by atoms with Gasteiger partial charge in [0, 0.05) is 0 Å². The molecule has 1 fully saturated rings. The normalized spacial score (nSPS) is 22.2. The lowest BCUT2D eigenvalue weighted by Gasteiger charge is -2.48. The molecule has 2 amide bonds. The van der Waals surface area contributed by atoms with Crippen LogP contribution in [0.4, 0.5) is 0 Å². The number of hydrogen-bond donors (Lipinski definition) is 1. The van der Waals surface area contributed by atoms with Gasteiger partial charge in [-0.05, 0) is 28.8 Å². The first-order valence-corrected chi connectivity index (χ1v) is 16.7. The number of hydrogen-bond acceptors (Lipinski definition) is 8. The Labute approximate surface area is 299 Å². The molecule has 1 saturated heterocycles. The van der Waals surface area contributed by atoms with Crippen molar-refractivity contribution in [1.82, 2.24) is 4.90 Å². The summed E-state index contributed by atoms with van der Waals surface area (Å²) in [5, 5.41) is 8.44. The predicted molar refractivity (Wildman–Crippen MR) is 185 cm³/mol. The van der Waals surface area contributed by atoms with Crippen LogP contribution in [0.1, 0.15) is 37.4 Å². The van der Waals surface area contributed by atoms with Crippen LogP contribution in [0.3, 0.4) is 0 Å². The van der Waals surface area contributed by atoms with Gasteiger partial charge in [0.15, 0.2) is 0 Å². The molecule has 0 unspecified atom stereocenters. The molecule has 12 heteroatoms. The van der Waals surface area contributed by atoms with Crippen molar-refractivity contribution in [2.75, 3.05) is 6.61 Å². The first-order valence-electron chi connectivity index (χ1n) is 15.6. The Morgan fingerprint density at radius 2 is 1.12 bits per heavy atom. The monoisotopic (exact) mass is 722 g/mol. The number of nitrogens with zero attached hydrogens (tertiary/aromatic N) is 1. The molecule has 6 rings (SSSR count). The third kappa shape index (κ3) is 8.33. The van der Waals surface area contributed by atoms with Gasteiger partial charge >= 0.3 is 0 Å². The zero-order valence-electron chi connectivity index (χ0n) is 26.1. The maximum absolute atomic E-state index is 14.0. The van der Waals surface area contributed by atoms with Gasteiger partial charge in [0.25, 0.3) is 15.6 Å². The topological polar surface area (TPSA) is 107 Å². The van der Waals surface area contributed by atoms with E-state index < -0.39 is 52.1 Å². The van der Waals surface area contributed by atoms with Crippen LogP contribution in [-0.2, 0) is 43.5 Å². The van der Waals surface area contributed by atoms with Gasteiger partial charge in [0.2, 0.25) is 12.2 Å². The highest BCUT2D eigenvalue weighted by molar-refractivity contribution is 6.76. The van der Waals surface area contributed by atoms with Gasteiger partial charge in [0.05, 0.1) is 37.6 Å². The lowest BCUT2D eigenvalue weighted by molar-refractivity contribution is -0.282. The Morgan fingerprint density at radius 1 is 0.673 bits per heavy atom. The summed E-state index contributed by atoms with van der Waals surface area (Å²) in [6.45, 7) is 0.497.